The van der Waals surface area contributed by atoms with Gasteiger partial charge in [-0.05, 0) is 36.8 Å². The van der Waals surface area contributed by atoms with E-state index in [1.54, 1.807) is 13.3 Å². The van der Waals surface area contributed by atoms with Gasteiger partial charge >= 0.3 is 0 Å². The molecule has 0 aliphatic rings. The van der Waals surface area contributed by atoms with Gasteiger partial charge in [0.05, 0.1) is 7.11 Å². The van der Waals surface area contributed by atoms with Crippen molar-refractivity contribution in [3.63, 3.8) is 0 Å². The number of ether oxygens (including phenoxy) is 1. The Labute approximate surface area is 116 Å². The van der Waals surface area contributed by atoms with Crippen molar-refractivity contribution in [1.82, 2.24) is 4.98 Å². The molecule has 3 aromatic rings. The molecule has 0 amide bonds. The molecule has 100 valence electrons. The second kappa shape index (κ2) is 4.85. The van der Waals surface area contributed by atoms with E-state index in [0.29, 0.717) is 10.9 Å². The number of fused-ring (bicyclic) bond motifs is 1. The number of pyridine rings is 1. The molecule has 0 saturated heterocycles. The topological polar surface area (TPSA) is 42.1 Å². The summed E-state index contributed by atoms with van der Waals surface area (Å²) in [5.74, 6) is 0.742. The van der Waals surface area contributed by atoms with Crippen LogP contribution in [0.2, 0.25) is 0 Å². The van der Waals surface area contributed by atoms with Gasteiger partial charge in [-0.1, -0.05) is 23.8 Å². The van der Waals surface area contributed by atoms with E-state index in [4.69, 9.17) is 4.74 Å². The van der Waals surface area contributed by atoms with Gasteiger partial charge in [0.25, 0.3) is 0 Å². The van der Waals surface area contributed by atoms with E-state index in [1.807, 2.05) is 49.4 Å². The zero-order valence-electron chi connectivity index (χ0n) is 11.4. The fraction of sp³-hybridized carbons (Fsp3) is 0.118. The van der Waals surface area contributed by atoms with Crippen LogP contribution in [0.1, 0.15) is 5.56 Å². The maximum atomic E-state index is 12.6. The minimum absolute atomic E-state index is 0.0377. The second-order valence-electron chi connectivity index (χ2n) is 4.81. The predicted octanol–water partition coefficient (Wildman–Crippen LogP) is 3.51. The summed E-state index contributed by atoms with van der Waals surface area (Å²) in [7, 11) is 1.62. The van der Waals surface area contributed by atoms with Crippen molar-refractivity contribution in [2.24, 2.45) is 0 Å². The Morgan fingerprint density at radius 3 is 2.75 bits per heavy atom. The molecule has 0 saturated carbocycles. The van der Waals surface area contributed by atoms with Gasteiger partial charge < -0.3 is 9.72 Å². The summed E-state index contributed by atoms with van der Waals surface area (Å²) in [6.45, 7) is 1.98. The van der Waals surface area contributed by atoms with E-state index >= 15 is 0 Å². The highest BCUT2D eigenvalue weighted by Crippen LogP contribution is 2.22. The summed E-state index contributed by atoms with van der Waals surface area (Å²) in [5.41, 5.74) is 3.48. The summed E-state index contributed by atoms with van der Waals surface area (Å²) >= 11 is 0. The molecule has 0 radical (unpaired) electrons. The third-order valence-corrected chi connectivity index (χ3v) is 3.42. The molecule has 0 bridgehead atoms. The van der Waals surface area contributed by atoms with Gasteiger partial charge in [-0.25, -0.2) is 0 Å². The summed E-state index contributed by atoms with van der Waals surface area (Å²) in [6, 6.07) is 13.4. The maximum absolute atomic E-state index is 12.6. The molecule has 0 aliphatic carbocycles. The summed E-state index contributed by atoms with van der Waals surface area (Å²) < 4.78 is 5.21. The van der Waals surface area contributed by atoms with Crippen LogP contribution >= 0.6 is 0 Å². The normalized spacial score (nSPS) is 10.7. The first-order valence-electron chi connectivity index (χ1n) is 6.45. The van der Waals surface area contributed by atoms with Crippen LogP contribution in [-0.2, 0) is 0 Å². The van der Waals surface area contributed by atoms with Crippen LogP contribution in [0, 0.1) is 6.92 Å². The lowest BCUT2D eigenvalue weighted by Gasteiger charge is -2.06. The zero-order chi connectivity index (χ0) is 14.1. The maximum Gasteiger partial charge on any atom is 0.197 e. The molecule has 2 aromatic carbocycles. The Morgan fingerprint density at radius 1 is 1.10 bits per heavy atom. The average Bonchev–Trinajstić information content (AvgIpc) is 2.48. The van der Waals surface area contributed by atoms with Crippen molar-refractivity contribution < 1.29 is 4.74 Å². The van der Waals surface area contributed by atoms with Gasteiger partial charge in [0.1, 0.15) is 5.75 Å². The van der Waals surface area contributed by atoms with Gasteiger partial charge in [0.15, 0.2) is 5.43 Å². The number of methoxy groups -OCH3 is 1. The first-order valence-corrected chi connectivity index (χ1v) is 6.45. The number of H-pyrrole nitrogens is 1. The Balaban J connectivity index is 2.26. The highest BCUT2D eigenvalue weighted by Gasteiger charge is 2.08. The third kappa shape index (κ3) is 2.07. The molecule has 1 N–H and O–H groups in total. The zero-order valence-corrected chi connectivity index (χ0v) is 11.4. The molecule has 3 heteroatoms. The minimum atomic E-state index is 0.0377. The van der Waals surface area contributed by atoms with Gasteiger partial charge in [-0.2, -0.15) is 0 Å². The minimum Gasteiger partial charge on any atom is -0.497 e. The first kappa shape index (κ1) is 12.5. The number of aryl methyl sites for hydroxylation is 1. The fourth-order valence-corrected chi connectivity index (χ4v) is 2.34. The lowest BCUT2D eigenvalue weighted by molar-refractivity contribution is 0.415. The lowest BCUT2D eigenvalue weighted by atomic mass is 10.0. The molecule has 0 fully saturated rings. The standard InChI is InChI=1S/C17H15NO2/c1-11-6-7-16-14(8-11)17(19)15(10-18-16)12-4-3-5-13(9-12)20-2/h3-10H,1-2H3,(H,18,19). The van der Waals surface area contributed by atoms with Crippen LogP contribution in [0.4, 0.5) is 0 Å². The number of hydrogen-bond donors (Lipinski definition) is 1. The molecule has 1 aromatic heterocycles. The van der Waals surface area contributed by atoms with Crippen LogP contribution in [0.5, 0.6) is 5.75 Å². The smallest absolute Gasteiger partial charge is 0.197 e. The molecule has 0 aliphatic heterocycles. The number of aromatic amines is 1. The van der Waals surface area contributed by atoms with E-state index in [2.05, 4.69) is 4.98 Å². The second-order valence-corrected chi connectivity index (χ2v) is 4.81. The molecular formula is C17H15NO2. The monoisotopic (exact) mass is 265 g/mol. The molecule has 3 rings (SSSR count). The van der Waals surface area contributed by atoms with E-state index in [0.717, 1.165) is 22.4 Å². The largest absolute Gasteiger partial charge is 0.497 e. The van der Waals surface area contributed by atoms with Crippen LogP contribution in [0.25, 0.3) is 22.0 Å². The van der Waals surface area contributed by atoms with Crippen molar-refractivity contribution in [3.05, 3.63) is 64.4 Å². The number of rotatable bonds is 2. The summed E-state index contributed by atoms with van der Waals surface area (Å²) in [4.78, 5) is 15.8. The van der Waals surface area contributed by atoms with E-state index in [-0.39, 0.29) is 5.43 Å². The van der Waals surface area contributed by atoms with Gasteiger partial charge in [-0.3, -0.25) is 4.79 Å². The SMILES string of the molecule is COc1cccc(-c2c[nH]c3ccc(C)cc3c2=O)c1. The van der Waals surface area contributed by atoms with Crippen molar-refractivity contribution in [2.75, 3.05) is 7.11 Å². The highest BCUT2D eigenvalue weighted by molar-refractivity contribution is 5.84. The molecule has 0 unspecified atom stereocenters. The molecule has 0 atom stereocenters. The Hall–Kier alpha value is -2.55. The van der Waals surface area contributed by atoms with Crippen molar-refractivity contribution in [2.45, 2.75) is 6.92 Å². The lowest BCUT2D eigenvalue weighted by Crippen LogP contribution is -2.06. The van der Waals surface area contributed by atoms with Crippen LogP contribution in [-0.4, -0.2) is 12.1 Å². The van der Waals surface area contributed by atoms with Crippen LogP contribution < -0.4 is 10.2 Å². The molecule has 1 heterocycles. The third-order valence-electron chi connectivity index (χ3n) is 3.42. The molecule has 0 spiro atoms. The van der Waals surface area contributed by atoms with E-state index in [1.165, 1.54) is 0 Å². The van der Waals surface area contributed by atoms with E-state index in [9.17, 15) is 4.79 Å². The number of aromatic nitrogens is 1. The number of hydrogen-bond acceptors (Lipinski definition) is 2. The number of nitrogens with one attached hydrogen (secondary N) is 1. The van der Waals surface area contributed by atoms with Gasteiger partial charge in [0, 0.05) is 22.7 Å². The fourth-order valence-electron chi connectivity index (χ4n) is 2.34. The predicted molar refractivity (Wildman–Crippen MR) is 81.3 cm³/mol. The van der Waals surface area contributed by atoms with E-state index < -0.39 is 0 Å². The van der Waals surface area contributed by atoms with Crippen molar-refractivity contribution >= 4 is 10.9 Å². The molecular weight excluding hydrogens is 250 g/mol. The summed E-state index contributed by atoms with van der Waals surface area (Å²) in [5, 5.41) is 0.713. The highest BCUT2D eigenvalue weighted by atomic mass is 16.5. The van der Waals surface area contributed by atoms with Gasteiger partial charge in [0.2, 0.25) is 0 Å². The summed E-state index contributed by atoms with van der Waals surface area (Å²) in [6.07, 6.45) is 1.76. The van der Waals surface area contributed by atoms with Crippen molar-refractivity contribution in [3.8, 4) is 16.9 Å². The van der Waals surface area contributed by atoms with Crippen LogP contribution in [0.3, 0.4) is 0 Å². The molecule has 20 heavy (non-hydrogen) atoms. The first-order chi connectivity index (χ1) is 9.69. The van der Waals surface area contributed by atoms with Crippen LogP contribution in [0.15, 0.2) is 53.5 Å². The Kier molecular flexibility index (Phi) is 3.03. The Bertz CT molecular complexity index is 834. The number of benzene rings is 2. The Morgan fingerprint density at radius 2 is 1.95 bits per heavy atom. The van der Waals surface area contributed by atoms with Gasteiger partial charge in [-0.15, -0.1) is 0 Å². The van der Waals surface area contributed by atoms with Crippen molar-refractivity contribution in [1.29, 1.82) is 0 Å². The molecule has 3 nitrogen and oxygen atoms in total. The average molecular weight is 265 g/mol. The quantitative estimate of drug-likeness (QED) is 0.770.